The molecule has 0 aliphatic carbocycles. The summed E-state index contributed by atoms with van der Waals surface area (Å²) in [6.45, 7) is 4.47. The van der Waals surface area contributed by atoms with Crippen LogP contribution in [0.2, 0.25) is 0 Å². The highest BCUT2D eigenvalue weighted by Gasteiger charge is 2.36. The summed E-state index contributed by atoms with van der Waals surface area (Å²) in [7, 11) is 0. The van der Waals surface area contributed by atoms with Crippen LogP contribution in [0.4, 0.5) is 0 Å². The molecule has 1 N–H and O–H groups in total. The molecule has 2 aliphatic rings. The van der Waals surface area contributed by atoms with Gasteiger partial charge in [0.25, 0.3) is 0 Å². The number of aromatic nitrogens is 3. The number of aliphatic imine (C=N–C) groups is 2. The van der Waals surface area contributed by atoms with Crippen molar-refractivity contribution >= 4 is 11.7 Å². The van der Waals surface area contributed by atoms with Crippen molar-refractivity contribution in [3.63, 3.8) is 0 Å². The molecule has 1 atom stereocenters. The molecule has 0 saturated carbocycles. The largest absolute Gasteiger partial charge is 0.456 e. The molecule has 10 rings (SSSR count). The van der Waals surface area contributed by atoms with E-state index in [1.54, 1.807) is 0 Å². The van der Waals surface area contributed by atoms with E-state index in [2.05, 4.69) is 116 Å². The molecule has 0 spiro atoms. The van der Waals surface area contributed by atoms with Gasteiger partial charge in [-0.25, -0.2) is 24.9 Å². The molecule has 0 saturated heterocycles. The molecule has 1 unspecified atom stereocenters. The minimum atomic E-state index is -0.428. The molecule has 8 aromatic rings. The molecule has 0 fully saturated rings. The zero-order valence-corrected chi connectivity index (χ0v) is 32.0. The Kier molecular flexibility index (Phi) is 8.75. The summed E-state index contributed by atoms with van der Waals surface area (Å²) in [5.41, 5.74) is 9.63. The van der Waals surface area contributed by atoms with Crippen LogP contribution in [0.3, 0.4) is 0 Å². The molecule has 0 bridgehead atoms. The van der Waals surface area contributed by atoms with Crippen LogP contribution in [0.15, 0.2) is 192 Å². The van der Waals surface area contributed by atoms with Gasteiger partial charge in [0.2, 0.25) is 0 Å². The van der Waals surface area contributed by atoms with E-state index in [-0.39, 0.29) is 5.41 Å². The molecular formula is C51H38N6O. The number of hydrogen-bond acceptors (Lipinski definition) is 7. The number of amidine groups is 2. The van der Waals surface area contributed by atoms with Gasteiger partial charge in [-0.2, -0.15) is 0 Å². The Morgan fingerprint density at radius 1 is 0.483 bits per heavy atom. The first-order valence-electron chi connectivity index (χ1n) is 19.5. The molecule has 1 aromatic heterocycles. The summed E-state index contributed by atoms with van der Waals surface area (Å²) in [5.74, 6) is 4.66. The lowest BCUT2D eigenvalue weighted by molar-refractivity contribution is 0.419. The highest BCUT2D eigenvalue weighted by Crippen LogP contribution is 2.50. The van der Waals surface area contributed by atoms with E-state index < -0.39 is 6.17 Å². The van der Waals surface area contributed by atoms with Gasteiger partial charge >= 0.3 is 0 Å². The average molecular weight is 751 g/mol. The molecule has 7 heteroatoms. The fraction of sp³-hybridized carbons (Fsp3) is 0.0784. The van der Waals surface area contributed by atoms with Gasteiger partial charge in [-0.05, 0) is 34.9 Å². The van der Waals surface area contributed by atoms with Crippen LogP contribution in [0.25, 0.3) is 45.3 Å². The van der Waals surface area contributed by atoms with Gasteiger partial charge in [0, 0.05) is 38.8 Å². The molecule has 0 radical (unpaired) electrons. The zero-order valence-electron chi connectivity index (χ0n) is 32.0. The van der Waals surface area contributed by atoms with Crippen molar-refractivity contribution in [3.05, 3.63) is 210 Å². The number of nitrogens with zero attached hydrogens (tertiary/aromatic N) is 5. The van der Waals surface area contributed by atoms with Gasteiger partial charge in [-0.1, -0.05) is 178 Å². The topological polar surface area (TPSA) is 84.7 Å². The number of fused-ring (bicyclic) bond motifs is 2. The monoisotopic (exact) mass is 750 g/mol. The highest BCUT2D eigenvalue weighted by molar-refractivity contribution is 6.13. The second kappa shape index (κ2) is 14.5. The Labute approximate surface area is 337 Å². The molecule has 2 aliphatic heterocycles. The first-order chi connectivity index (χ1) is 28.5. The maximum Gasteiger partial charge on any atom is 0.167 e. The van der Waals surface area contributed by atoms with Crippen LogP contribution in [-0.4, -0.2) is 26.6 Å². The Bertz CT molecular complexity index is 2850. The van der Waals surface area contributed by atoms with Crippen molar-refractivity contribution in [2.45, 2.75) is 25.4 Å². The number of nitrogens with one attached hydrogen (secondary N) is 1. The third kappa shape index (κ3) is 6.52. The van der Waals surface area contributed by atoms with E-state index >= 15 is 0 Å². The van der Waals surface area contributed by atoms with Gasteiger partial charge in [-0.3, -0.25) is 0 Å². The van der Waals surface area contributed by atoms with Crippen LogP contribution in [-0.2, 0) is 5.41 Å². The molecule has 58 heavy (non-hydrogen) atoms. The van der Waals surface area contributed by atoms with Gasteiger partial charge in [0.15, 0.2) is 23.3 Å². The normalized spacial score (nSPS) is 15.2. The zero-order chi connectivity index (χ0) is 39.1. The number of rotatable bonds is 7. The molecule has 3 heterocycles. The maximum absolute atomic E-state index is 6.68. The molecule has 0 amide bonds. The van der Waals surface area contributed by atoms with Crippen molar-refractivity contribution in [1.82, 2.24) is 20.3 Å². The molecule has 278 valence electrons. The van der Waals surface area contributed by atoms with Crippen molar-refractivity contribution in [1.29, 1.82) is 0 Å². The summed E-state index contributed by atoms with van der Waals surface area (Å²) in [5, 5.41) is 3.62. The Morgan fingerprint density at radius 3 is 1.78 bits per heavy atom. The third-order valence-corrected chi connectivity index (χ3v) is 10.9. The van der Waals surface area contributed by atoms with Crippen molar-refractivity contribution in [3.8, 4) is 56.8 Å². The average Bonchev–Trinajstić information content (AvgIpc) is 3.29. The predicted octanol–water partition coefficient (Wildman–Crippen LogP) is 11.5. The lowest BCUT2D eigenvalue weighted by atomic mass is 9.75. The van der Waals surface area contributed by atoms with Gasteiger partial charge in [-0.15, -0.1) is 0 Å². The Hall–Kier alpha value is -7.51. The number of hydrogen-bond donors (Lipinski definition) is 1. The summed E-state index contributed by atoms with van der Waals surface area (Å²) in [6.07, 6.45) is -0.428. The van der Waals surface area contributed by atoms with E-state index in [1.165, 1.54) is 0 Å². The second-order valence-electron chi connectivity index (χ2n) is 15.0. The Morgan fingerprint density at radius 2 is 1.03 bits per heavy atom. The van der Waals surface area contributed by atoms with E-state index in [0.717, 1.165) is 73.0 Å². The van der Waals surface area contributed by atoms with E-state index in [0.29, 0.717) is 23.3 Å². The van der Waals surface area contributed by atoms with E-state index in [1.807, 2.05) is 84.9 Å². The van der Waals surface area contributed by atoms with Crippen molar-refractivity contribution in [2.75, 3.05) is 0 Å². The van der Waals surface area contributed by atoms with E-state index in [9.17, 15) is 0 Å². The predicted molar refractivity (Wildman–Crippen MR) is 232 cm³/mol. The quantitative estimate of drug-likeness (QED) is 0.175. The fourth-order valence-electron chi connectivity index (χ4n) is 7.77. The number of ether oxygens (including phenoxy) is 1. The van der Waals surface area contributed by atoms with Crippen molar-refractivity contribution < 1.29 is 4.74 Å². The van der Waals surface area contributed by atoms with Crippen LogP contribution in [0, 0.1) is 0 Å². The summed E-state index contributed by atoms with van der Waals surface area (Å²) in [4.78, 5) is 25.6. The second-order valence-corrected chi connectivity index (χ2v) is 15.0. The summed E-state index contributed by atoms with van der Waals surface area (Å²) < 4.78 is 6.68. The minimum Gasteiger partial charge on any atom is -0.456 e. The summed E-state index contributed by atoms with van der Waals surface area (Å²) >= 11 is 0. The van der Waals surface area contributed by atoms with Crippen LogP contribution in [0.5, 0.6) is 11.5 Å². The van der Waals surface area contributed by atoms with E-state index in [4.69, 9.17) is 29.7 Å². The van der Waals surface area contributed by atoms with Crippen LogP contribution < -0.4 is 10.1 Å². The maximum atomic E-state index is 6.68. The minimum absolute atomic E-state index is 0.287. The Balaban J connectivity index is 1.07. The fourth-order valence-corrected chi connectivity index (χ4v) is 7.77. The lowest BCUT2D eigenvalue weighted by Crippen LogP contribution is -2.33. The first kappa shape index (κ1) is 34.9. The smallest absolute Gasteiger partial charge is 0.167 e. The molecular weight excluding hydrogens is 713 g/mol. The SMILES string of the molecule is CC1(C)c2ccccc2Oc2c(-c3nc(-c4ccccc4)nc(-c4cccc(C5N=C(c6ccc(-c7ccccc7)cc6)N=C(c6ccccc6)N5)c4)n3)cccc21. The van der Waals surface area contributed by atoms with Crippen molar-refractivity contribution in [2.24, 2.45) is 9.98 Å². The third-order valence-electron chi connectivity index (χ3n) is 10.9. The first-order valence-corrected chi connectivity index (χ1v) is 19.5. The highest BCUT2D eigenvalue weighted by atomic mass is 16.5. The standard InChI is InChI=1S/C51H38N6O/c1-51(2)41-25-12-13-27-43(41)58-44-40(24-15-26-42(44)51)50-56-46(36-20-10-5-11-21-36)54-49(57-50)39-23-14-22-38(32-39)48-53-45(35-18-8-4-9-19-35)52-47(55-48)37-30-28-34(29-31-37)33-16-6-3-7-17-33/h3-32,48H,1-2H3,(H,52,53,55). The van der Waals surface area contributed by atoms with Crippen LogP contribution in [0.1, 0.15) is 47.8 Å². The van der Waals surface area contributed by atoms with Gasteiger partial charge in [0.1, 0.15) is 23.5 Å². The van der Waals surface area contributed by atoms with Crippen LogP contribution >= 0.6 is 0 Å². The summed E-state index contributed by atoms with van der Waals surface area (Å²) in [6, 6.07) is 61.7. The number of para-hydroxylation sites is 2. The number of benzene rings is 7. The van der Waals surface area contributed by atoms with Gasteiger partial charge in [0.05, 0.1) is 5.56 Å². The van der Waals surface area contributed by atoms with Gasteiger partial charge < -0.3 is 10.1 Å². The molecule has 7 nitrogen and oxygen atoms in total. The molecule has 7 aromatic carbocycles. The lowest BCUT2D eigenvalue weighted by Gasteiger charge is -2.35.